The summed E-state index contributed by atoms with van der Waals surface area (Å²) in [6.07, 6.45) is -0.589. The van der Waals surface area contributed by atoms with Crippen molar-refractivity contribution in [2.75, 3.05) is 39.8 Å². The largest absolute Gasteiger partial charge is 0.489 e. The third-order valence-corrected chi connectivity index (χ3v) is 3.03. The van der Waals surface area contributed by atoms with Crippen LogP contribution < -0.4 is 10.1 Å². The summed E-state index contributed by atoms with van der Waals surface area (Å²) in [5, 5.41) is 21.9. The Balaban J connectivity index is 2.23. The third kappa shape index (κ3) is 6.02. The highest BCUT2D eigenvalue weighted by Crippen LogP contribution is 2.16. The SMILES string of the molecule is CCN(C)CCNCC(O)COc1ccccc1C#N. The minimum atomic E-state index is -0.589. The molecule has 1 atom stereocenters. The molecule has 0 amide bonds. The summed E-state index contributed by atoms with van der Waals surface area (Å²) in [6.45, 7) is 5.55. The number of nitrogens with zero attached hydrogens (tertiary/aromatic N) is 2. The van der Waals surface area contributed by atoms with Crippen molar-refractivity contribution in [2.24, 2.45) is 0 Å². The number of aliphatic hydroxyl groups excluding tert-OH is 1. The van der Waals surface area contributed by atoms with Gasteiger partial charge in [-0.1, -0.05) is 19.1 Å². The molecule has 0 saturated heterocycles. The van der Waals surface area contributed by atoms with Gasteiger partial charge in [-0.3, -0.25) is 0 Å². The molecule has 0 heterocycles. The number of para-hydroxylation sites is 1. The average molecular weight is 277 g/mol. The number of likely N-dealkylation sites (N-methyl/N-ethyl adjacent to an activating group) is 1. The maximum atomic E-state index is 9.81. The highest BCUT2D eigenvalue weighted by Gasteiger charge is 2.07. The van der Waals surface area contributed by atoms with E-state index in [1.165, 1.54) is 0 Å². The van der Waals surface area contributed by atoms with Crippen LogP contribution in [0, 0.1) is 11.3 Å². The first-order valence-electron chi connectivity index (χ1n) is 6.86. The summed E-state index contributed by atoms with van der Waals surface area (Å²) in [4.78, 5) is 2.19. The fourth-order valence-electron chi connectivity index (χ4n) is 1.63. The van der Waals surface area contributed by atoms with Crippen molar-refractivity contribution in [3.8, 4) is 11.8 Å². The summed E-state index contributed by atoms with van der Waals surface area (Å²) in [5.41, 5.74) is 0.484. The number of benzene rings is 1. The van der Waals surface area contributed by atoms with Crippen LogP contribution in [0.3, 0.4) is 0 Å². The molecule has 0 aromatic heterocycles. The number of hydrogen-bond donors (Lipinski definition) is 2. The van der Waals surface area contributed by atoms with Crippen LogP contribution in [0.4, 0.5) is 0 Å². The molecule has 0 aliphatic heterocycles. The summed E-state index contributed by atoms with van der Waals surface area (Å²) in [7, 11) is 2.06. The van der Waals surface area contributed by atoms with E-state index in [9.17, 15) is 5.11 Å². The zero-order valence-electron chi connectivity index (χ0n) is 12.2. The molecular formula is C15H23N3O2. The van der Waals surface area contributed by atoms with Gasteiger partial charge in [-0.2, -0.15) is 5.26 Å². The number of ether oxygens (including phenoxy) is 1. The lowest BCUT2D eigenvalue weighted by atomic mass is 10.2. The quantitative estimate of drug-likeness (QED) is 0.655. The van der Waals surface area contributed by atoms with Crippen LogP contribution in [-0.2, 0) is 0 Å². The average Bonchev–Trinajstić information content (AvgIpc) is 2.49. The van der Waals surface area contributed by atoms with Gasteiger partial charge in [0, 0.05) is 19.6 Å². The third-order valence-electron chi connectivity index (χ3n) is 3.03. The molecule has 5 heteroatoms. The maximum Gasteiger partial charge on any atom is 0.137 e. The van der Waals surface area contributed by atoms with Crippen molar-refractivity contribution in [1.82, 2.24) is 10.2 Å². The molecule has 0 bridgehead atoms. The molecule has 0 saturated carbocycles. The van der Waals surface area contributed by atoms with Crippen LogP contribution in [0.2, 0.25) is 0 Å². The monoisotopic (exact) mass is 277 g/mol. The lowest BCUT2D eigenvalue weighted by Gasteiger charge is -2.16. The molecule has 20 heavy (non-hydrogen) atoms. The predicted octanol–water partition coefficient (Wildman–Crippen LogP) is 0.839. The Morgan fingerprint density at radius 1 is 1.45 bits per heavy atom. The van der Waals surface area contributed by atoms with Crippen LogP contribution in [0.5, 0.6) is 5.75 Å². The molecule has 1 aromatic carbocycles. The Labute approximate surface area is 120 Å². The molecule has 2 N–H and O–H groups in total. The molecule has 0 spiro atoms. The Hall–Kier alpha value is -1.61. The summed E-state index contributed by atoms with van der Waals surface area (Å²) in [5.74, 6) is 0.514. The minimum Gasteiger partial charge on any atom is -0.489 e. The molecule has 110 valence electrons. The molecule has 1 aromatic rings. The summed E-state index contributed by atoms with van der Waals surface area (Å²) < 4.78 is 5.47. The van der Waals surface area contributed by atoms with Gasteiger partial charge in [-0.25, -0.2) is 0 Å². The Morgan fingerprint density at radius 2 is 2.20 bits per heavy atom. The molecule has 0 radical (unpaired) electrons. The van der Waals surface area contributed by atoms with Crippen molar-refractivity contribution in [1.29, 1.82) is 5.26 Å². The van der Waals surface area contributed by atoms with Gasteiger partial charge in [-0.05, 0) is 25.7 Å². The van der Waals surface area contributed by atoms with Gasteiger partial charge in [-0.15, -0.1) is 0 Å². The van der Waals surface area contributed by atoms with Gasteiger partial charge in [0.25, 0.3) is 0 Å². The Morgan fingerprint density at radius 3 is 2.90 bits per heavy atom. The van der Waals surface area contributed by atoms with E-state index in [4.69, 9.17) is 10.00 Å². The molecule has 1 unspecified atom stereocenters. The molecular weight excluding hydrogens is 254 g/mol. The predicted molar refractivity (Wildman–Crippen MR) is 78.7 cm³/mol. The Kier molecular flexibility index (Phi) is 7.66. The number of nitrogens with one attached hydrogen (secondary N) is 1. The highest BCUT2D eigenvalue weighted by molar-refractivity contribution is 5.42. The zero-order valence-corrected chi connectivity index (χ0v) is 12.2. The minimum absolute atomic E-state index is 0.176. The van der Waals surface area contributed by atoms with Gasteiger partial charge in [0.15, 0.2) is 0 Å². The fourth-order valence-corrected chi connectivity index (χ4v) is 1.63. The summed E-state index contributed by atoms with van der Waals surface area (Å²) >= 11 is 0. The van der Waals surface area contributed by atoms with E-state index in [0.717, 1.165) is 19.6 Å². The molecule has 5 nitrogen and oxygen atoms in total. The van der Waals surface area contributed by atoms with Crippen LogP contribution in [0.25, 0.3) is 0 Å². The van der Waals surface area contributed by atoms with E-state index in [0.29, 0.717) is 17.9 Å². The van der Waals surface area contributed by atoms with Crippen LogP contribution in [0.1, 0.15) is 12.5 Å². The topological polar surface area (TPSA) is 68.5 Å². The number of rotatable bonds is 9. The van der Waals surface area contributed by atoms with E-state index >= 15 is 0 Å². The van der Waals surface area contributed by atoms with Crippen molar-refractivity contribution in [3.05, 3.63) is 29.8 Å². The standard InChI is InChI=1S/C15H23N3O2/c1-3-18(2)9-8-17-11-14(19)12-20-15-7-5-4-6-13(15)10-16/h4-7,14,17,19H,3,8-9,11-12H2,1-2H3. The van der Waals surface area contributed by atoms with Crippen LogP contribution >= 0.6 is 0 Å². The van der Waals surface area contributed by atoms with Crippen molar-refractivity contribution < 1.29 is 9.84 Å². The molecule has 0 fully saturated rings. The molecule has 0 aliphatic carbocycles. The lowest BCUT2D eigenvalue weighted by molar-refractivity contribution is 0.106. The van der Waals surface area contributed by atoms with Gasteiger partial charge in [0.05, 0.1) is 5.56 Å². The van der Waals surface area contributed by atoms with Crippen molar-refractivity contribution >= 4 is 0 Å². The number of aliphatic hydroxyl groups is 1. The molecule has 1 rings (SSSR count). The first kappa shape index (κ1) is 16.4. The van der Waals surface area contributed by atoms with Crippen LogP contribution in [-0.4, -0.2) is 55.9 Å². The maximum absolute atomic E-state index is 9.81. The van der Waals surface area contributed by atoms with E-state index in [1.54, 1.807) is 24.3 Å². The first-order valence-corrected chi connectivity index (χ1v) is 6.86. The first-order chi connectivity index (χ1) is 9.67. The van der Waals surface area contributed by atoms with E-state index in [2.05, 4.69) is 30.3 Å². The fraction of sp³-hybridized carbons (Fsp3) is 0.533. The summed E-state index contributed by atoms with van der Waals surface area (Å²) in [6, 6.07) is 9.08. The number of nitriles is 1. The van der Waals surface area contributed by atoms with Crippen molar-refractivity contribution in [3.63, 3.8) is 0 Å². The smallest absolute Gasteiger partial charge is 0.137 e. The number of hydrogen-bond acceptors (Lipinski definition) is 5. The van der Waals surface area contributed by atoms with Crippen molar-refractivity contribution in [2.45, 2.75) is 13.0 Å². The van der Waals surface area contributed by atoms with Crippen LogP contribution in [0.15, 0.2) is 24.3 Å². The van der Waals surface area contributed by atoms with E-state index in [1.807, 2.05) is 0 Å². The molecule has 0 aliphatic rings. The second kappa shape index (κ2) is 9.32. The van der Waals surface area contributed by atoms with E-state index < -0.39 is 6.10 Å². The van der Waals surface area contributed by atoms with Gasteiger partial charge in [0.1, 0.15) is 24.5 Å². The second-order valence-corrected chi connectivity index (χ2v) is 4.67. The second-order valence-electron chi connectivity index (χ2n) is 4.67. The van der Waals surface area contributed by atoms with Gasteiger partial charge in [0.2, 0.25) is 0 Å². The highest BCUT2D eigenvalue weighted by atomic mass is 16.5. The van der Waals surface area contributed by atoms with E-state index in [-0.39, 0.29) is 6.61 Å². The Bertz CT molecular complexity index is 431. The zero-order chi connectivity index (χ0) is 14.8. The van der Waals surface area contributed by atoms with Gasteiger partial charge >= 0.3 is 0 Å². The van der Waals surface area contributed by atoms with Gasteiger partial charge < -0.3 is 20.1 Å². The normalized spacial score (nSPS) is 12.2. The lowest BCUT2D eigenvalue weighted by Crippen LogP contribution is -2.36.